The third-order valence-corrected chi connectivity index (χ3v) is 3.48. The molecule has 1 aromatic rings. The molecule has 0 bridgehead atoms. The number of nitrogens with zero attached hydrogens (tertiary/aromatic N) is 1. The summed E-state index contributed by atoms with van der Waals surface area (Å²) < 4.78 is 5.21. The van der Waals surface area contributed by atoms with Gasteiger partial charge in [-0.25, -0.2) is 0 Å². The van der Waals surface area contributed by atoms with E-state index >= 15 is 0 Å². The van der Waals surface area contributed by atoms with Gasteiger partial charge in [-0.3, -0.25) is 0 Å². The van der Waals surface area contributed by atoms with Crippen LogP contribution in [0.1, 0.15) is 20.8 Å². The summed E-state index contributed by atoms with van der Waals surface area (Å²) in [4.78, 5) is 2.46. The molecule has 0 aliphatic carbocycles. The first-order valence-corrected chi connectivity index (χ1v) is 6.62. The number of hydrogen-bond donors (Lipinski definition) is 1. The third-order valence-electron chi connectivity index (χ3n) is 3.48. The van der Waals surface area contributed by atoms with Gasteiger partial charge >= 0.3 is 0 Å². The van der Waals surface area contributed by atoms with E-state index in [0.29, 0.717) is 11.5 Å². The number of benzene rings is 1. The molecule has 1 unspecified atom stereocenters. The molecule has 0 saturated carbocycles. The summed E-state index contributed by atoms with van der Waals surface area (Å²) in [7, 11) is 1.70. The van der Waals surface area contributed by atoms with Crippen molar-refractivity contribution in [3.8, 4) is 5.75 Å². The van der Waals surface area contributed by atoms with Crippen LogP contribution in [0.2, 0.25) is 0 Å². The van der Waals surface area contributed by atoms with Crippen molar-refractivity contribution in [2.45, 2.75) is 26.8 Å². The lowest BCUT2D eigenvalue weighted by Gasteiger charge is -2.31. The minimum absolute atomic E-state index is 0.296. The van der Waals surface area contributed by atoms with E-state index in [1.54, 1.807) is 7.11 Å². The lowest BCUT2D eigenvalue weighted by atomic mass is 9.93. The summed E-state index contributed by atoms with van der Waals surface area (Å²) in [5.41, 5.74) is 1.57. The SMILES string of the molecule is COc1ccc(N2CC(C)NCC(C)(C)C2)cc1. The molecule has 18 heavy (non-hydrogen) atoms. The van der Waals surface area contributed by atoms with Crippen molar-refractivity contribution in [3.63, 3.8) is 0 Å². The molecular weight excluding hydrogens is 224 g/mol. The molecule has 0 radical (unpaired) electrons. The van der Waals surface area contributed by atoms with Crippen LogP contribution in [-0.2, 0) is 0 Å². The van der Waals surface area contributed by atoms with Crippen molar-refractivity contribution in [2.75, 3.05) is 31.6 Å². The first-order valence-electron chi connectivity index (χ1n) is 6.62. The van der Waals surface area contributed by atoms with Gasteiger partial charge in [-0.05, 0) is 36.6 Å². The summed E-state index contributed by atoms with van der Waals surface area (Å²) in [5.74, 6) is 0.916. The van der Waals surface area contributed by atoms with Crippen LogP contribution in [0, 0.1) is 5.41 Å². The fourth-order valence-electron chi connectivity index (χ4n) is 2.47. The highest BCUT2D eigenvalue weighted by molar-refractivity contribution is 5.49. The van der Waals surface area contributed by atoms with E-state index in [9.17, 15) is 0 Å². The highest BCUT2D eigenvalue weighted by Crippen LogP contribution is 2.26. The second kappa shape index (κ2) is 5.19. The molecule has 3 heteroatoms. The van der Waals surface area contributed by atoms with Gasteiger partial charge in [0.15, 0.2) is 0 Å². The van der Waals surface area contributed by atoms with E-state index in [4.69, 9.17) is 4.74 Å². The molecule has 2 rings (SSSR count). The minimum atomic E-state index is 0.296. The van der Waals surface area contributed by atoms with Crippen molar-refractivity contribution < 1.29 is 4.74 Å². The molecule has 0 spiro atoms. The molecule has 1 N–H and O–H groups in total. The number of rotatable bonds is 2. The molecule has 1 aliphatic rings. The molecule has 1 aliphatic heterocycles. The predicted octanol–water partition coefficient (Wildman–Crippen LogP) is 2.52. The highest BCUT2D eigenvalue weighted by Gasteiger charge is 2.27. The summed E-state index contributed by atoms with van der Waals surface area (Å²) in [6, 6.07) is 8.88. The molecule has 1 aromatic carbocycles. The molecular formula is C15H24N2O. The van der Waals surface area contributed by atoms with Crippen molar-refractivity contribution in [1.82, 2.24) is 5.32 Å². The number of methoxy groups -OCH3 is 1. The fourth-order valence-corrected chi connectivity index (χ4v) is 2.47. The van der Waals surface area contributed by atoms with Crippen molar-refractivity contribution >= 4 is 5.69 Å². The minimum Gasteiger partial charge on any atom is -0.497 e. The normalized spacial score (nSPS) is 23.6. The maximum Gasteiger partial charge on any atom is 0.119 e. The maximum absolute atomic E-state index is 5.21. The summed E-state index contributed by atoms with van der Waals surface area (Å²) >= 11 is 0. The van der Waals surface area contributed by atoms with Crippen LogP contribution >= 0.6 is 0 Å². The van der Waals surface area contributed by atoms with E-state index in [1.165, 1.54) is 5.69 Å². The van der Waals surface area contributed by atoms with E-state index < -0.39 is 0 Å². The first-order chi connectivity index (χ1) is 8.50. The molecule has 1 atom stereocenters. The van der Waals surface area contributed by atoms with Crippen LogP contribution in [0.4, 0.5) is 5.69 Å². The second-order valence-electron chi connectivity index (χ2n) is 6.02. The van der Waals surface area contributed by atoms with Crippen LogP contribution in [0.25, 0.3) is 0 Å². The van der Waals surface area contributed by atoms with E-state index in [2.05, 4.69) is 43.1 Å². The summed E-state index contributed by atoms with van der Waals surface area (Å²) in [6.45, 7) is 10.1. The van der Waals surface area contributed by atoms with Crippen LogP contribution in [-0.4, -0.2) is 32.8 Å². The van der Waals surface area contributed by atoms with Crippen molar-refractivity contribution in [2.24, 2.45) is 5.41 Å². The quantitative estimate of drug-likeness (QED) is 0.870. The fraction of sp³-hybridized carbons (Fsp3) is 0.600. The van der Waals surface area contributed by atoms with Gasteiger partial charge in [-0.15, -0.1) is 0 Å². The second-order valence-corrected chi connectivity index (χ2v) is 6.02. The van der Waals surface area contributed by atoms with Gasteiger partial charge in [0, 0.05) is 31.4 Å². The lowest BCUT2D eigenvalue weighted by molar-refractivity contribution is 0.362. The number of anilines is 1. The van der Waals surface area contributed by atoms with Crippen LogP contribution in [0.15, 0.2) is 24.3 Å². The van der Waals surface area contributed by atoms with Gasteiger partial charge in [-0.2, -0.15) is 0 Å². The van der Waals surface area contributed by atoms with Crippen LogP contribution in [0.3, 0.4) is 0 Å². The number of nitrogens with one attached hydrogen (secondary N) is 1. The van der Waals surface area contributed by atoms with Crippen LogP contribution < -0.4 is 15.0 Å². The Morgan fingerprint density at radius 2 is 1.94 bits per heavy atom. The average Bonchev–Trinajstić information content (AvgIpc) is 2.48. The standard InChI is InChI=1S/C15H24N2O/c1-12-9-17(11-15(2,3)10-16-12)13-5-7-14(18-4)8-6-13/h5-8,12,16H,9-11H2,1-4H3. The Labute approximate surface area is 110 Å². The Balaban J connectivity index is 2.18. The zero-order valence-corrected chi connectivity index (χ0v) is 11.9. The molecule has 0 aromatic heterocycles. The molecule has 0 amide bonds. The monoisotopic (exact) mass is 248 g/mol. The average molecular weight is 248 g/mol. The third kappa shape index (κ3) is 3.16. The molecule has 1 fully saturated rings. The lowest BCUT2D eigenvalue weighted by Crippen LogP contribution is -2.35. The topological polar surface area (TPSA) is 24.5 Å². The zero-order valence-electron chi connectivity index (χ0n) is 11.9. The smallest absolute Gasteiger partial charge is 0.119 e. The highest BCUT2D eigenvalue weighted by atomic mass is 16.5. The summed E-state index contributed by atoms with van der Waals surface area (Å²) in [5, 5.41) is 3.59. The van der Waals surface area contributed by atoms with E-state index in [1.807, 2.05) is 12.1 Å². The Morgan fingerprint density at radius 1 is 1.28 bits per heavy atom. The number of ether oxygens (including phenoxy) is 1. The Hall–Kier alpha value is -1.22. The van der Waals surface area contributed by atoms with Gasteiger partial charge in [0.1, 0.15) is 5.75 Å². The largest absolute Gasteiger partial charge is 0.497 e. The van der Waals surface area contributed by atoms with Crippen molar-refractivity contribution in [1.29, 1.82) is 0 Å². The van der Waals surface area contributed by atoms with Crippen LogP contribution in [0.5, 0.6) is 5.75 Å². The van der Waals surface area contributed by atoms with E-state index in [-0.39, 0.29) is 0 Å². The first kappa shape index (κ1) is 13.2. The number of hydrogen-bond acceptors (Lipinski definition) is 3. The Bertz CT molecular complexity index is 386. The van der Waals surface area contributed by atoms with Crippen molar-refractivity contribution in [3.05, 3.63) is 24.3 Å². The van der Waals surface area contributed by atoms with Gasteiger partial charge in [0.2, 0.25) is 0 Å². The summed E-state index contributed by atoms with van der Waals surface area (Å²) in [6.07, 6.45) is 0. The zero-order chi connectivity index (χ0) is 13.2. The molecule has 100 valence electrons. The van der Waals surface area contributed by atoms with Gasteiger partial charge in [-0.1, -0.05) is 13.8 Å². The predicted molar refractivity (Wildman–Crippen MR) is 76.5 cm³/mol. The molecule has 3 nitrogen and oxygen atoms in total. The van der Waals surface area contributed by atoms with E-state index in [0.717, 1.165) is 25.4 Å². The molecule has 1 saturated heterocycles. The van der Waals surface area contributed by atoms with Gasteiger partial charge < -0.3 is 15.0 Å². The van der Waals surface area contributed by atoms with Gasteiger partial charge in [0.25, 0.3) is 0 Å². The maximum atomic E-state index is 5.21. The Kier molecular flexibility index (Phi) is 3.81. The van der Waals surface area contributed by atoms with Gasteiger partial charge in [0.05, 0.1) is 7.11 Å². The Morgan fingerprint density at radius 3 is 2.56 bits per heavy atom. The molecule has 1 heterocycles.